The van der Waals surface area contributed by atoms with Crippen LogP contribution in [0.1, 0.15) is 54.4 Å². The molecule has 0 atom stereocenters. The summed E-state index contributed by atoms with van der Waals surface area (Å²) in [7, 11) is 0. The van der Waals surface area contributed by atoms with Crippen molar-refractivity contribution < 1.29 is 9.53 Å². The van der Waals surface area contributed by atoms with Crippen LogP contribution in [0.15, 0.2) is 0 Å². The zero-order valence-electron chi connectivity index (χ0n) is 11.6. The maximum absolute atomic E-state index is 11.3. The van der Waals surface area contributed by atoms with Gasteiger partial charge >= 0.3 is 0 Å². The van der Waals surface area contributed by atoms with E-state index in [2.05, 4.69) is 26.1 Å². The lowest BCUT2D eigenvalue weighted by Gasteiger charge is -2.29. The summed E-state index contributed by atoms with van der Waals surface area (Å²) in [6.07, 6.45) is 1.61. The fourth-order valence-corrected chi connectivity index (χ4v) is 1.19. The van der Waals surface area contributed by atoms with Gasteiger partial charge in [0.2, 0.25) is 5.91 Å². The van der Waals surface area contributed by atoms with Gasteiger partial charge < -0.3 is 10.1 Å². The summed E-state index contributed by atoms with van der Waals surface area (Å²) < 4.78 is 5.68. The molecule has 0 fully saturated rings. The van der Waals surface area contributed by atoms with Crippen molar-refractivity contribution in [1.82, 2.24) is 5.32 Å². The van der Waals surface area contributed by atoms with E-state index in [1.54, 1.807) is 0 Å². The van der Waals surface area contributed by atoms with Crippen molar-refractivity contribution in [2.45, 2.75) is 59.9 Å². The van der Waals surface area contributed by atoms with Gasteiger partial charge in [-0.3, -0.25) is 4.79 Å². The molecule has 3 heteroatoms. The molecular weight excluding hydrogens is 202 g/mol. The summed E-state index contributed by atoms with van der Waals surface area (Å²) in [6.45, 7) is 13.6. The Balaban J connectivity index is 3.95. The average Bonchev–Trinajstić information content (AvgIpc) is 2.16. The number of amides is 1. The van der Waals surface area contributed by atoms with E-state index in [0.717, 1.165) is 13.0 Å². The molecule has 0 aromatic carbocycles. The largest absolute Gasteiger partial charge is 0.378 e. The van der Waals surface area contributed by atoms with E-state index >= 15 is 0 Å². The highest BCUT2D eigenvalue weighted by molar-refractivity contribution is 5.76. The molecule has 0 radical (unpaired) electrons. The molecule has 96 valence electrons. The molecule has 0 heterocycles. The van der Waals surface area contributed by atoms with Gasteiger partial charge in [0, 0.05) is 6.42 Å². The Morgan fingerprint density at radius 3 is 2.12 bits per heavy atom. The zero-order valence-corrected chi connectivity index (χ0v) is 11.6. The fourth-order valence-electron chi connectivity index (χ4n) is 1.19. The molecule has 0 saturated carbocycles. The molecule has 0 spiro atoms. The van der Waals surface area contributed by atoms with Crippen LogP contribution < -0.4 is 5.32 Å². The molecule has 0 rings (SSSR count). The predicted molar refractivity (Wildman–Crippen MR) is 67.4 cm³/mol. The minimum atomic E-state index is -0.281. The van der Waals surface area contributed by atoms with Crippen molar-refractivity contribution >= 4 is 5.91 Å². The number of nitrogens with one attached hydrogen (secondary N) is 1. The number of ether oxygens (including phenoxy) is 1. The Kier molecular flexibility index (Phi) is 6.01. The Hall–Kier alpha value is -0.570. The van der Waals surface area contributed by atoms with Crippen molar-refractivity contribution in [2.75, 3.05) is 13.2 Å². The van der Waals surface area contributed by atoms with E-state index in [9.17, 15) is 4.79 Å². The van der Waals surface area contributed by atoms with Crippen molar-refractivity contribution in [3.05, 3.63) is 0 Å². The predicted octanol–water partition coefficient (Wildman–Crippen LogP) is 2.74. The quantitative estimate of drug-likeness (QED) is 0.729. The van der Waals surface area contributed by atoms with Crippen LogP contribution in [0.3, 0.4) is 0 Å². The summed E-state index contributed by atoms with van der Waals surface area (Å²) in [4.78, 5) is 11.3. The van der Waals surface area contributed by atoms with Crippen molar-refractivity contribution in [3.8, 4) is 0 Å². The first-order chi connectivity index (χ1) is 7.22. The van der Waals surface area contributed by atoms with E-state index in [-0.39, 0.29) is 16.9 Å². The van der Waals surface area contributed by atoms with E-state index < -0.39 is 0 Å². The molecule has 0 unspecified atom stereocenters. The van der Waals surface area contributed by atoms with Gasteiger partial charge in [0.05, 0.1) is 18.8 Å². The lowest BCUT2D eigenvalue weighted by Crippen LogP contribution is -2.47. The molecule has 0 saturated heterocycles. The summed E-state index contributed by atoms with van der Waals surface area (Å²) in [6, 6.07) is 0. The molecule has 0 aliphatic carbocycles. The van der Waals surface area contributed by atoms with Crippen LogP contribution in [0.25, 0.3) is 0 Å². The van der Waals surface area contributed by atoms with Gasteiger partial charge in [-0.15, -0.1) is 0 Å². The number of carbonyl (C=O) groups excluding carboxylic acids is 1. The first-order valence-electron chi connectivity index (χ1n) is 6.11. The van der Waals surface area contributed by atoms with Gasteiger partial charge in [0.1, 0.15) is 0 Å². The maximum Gasteiger partial charge on any atom is 0.220 e. The molecule has 16 heavy (non-hydrogen) atoms. The van der Waals surface area contributed by atoms with E-state index in [1.807, 2.05) is 20.8 Å². The van der Waals surface area contributed by atoms with Gasteiger partial charge in [-0.25, -0.2) is 0 Å². The second-order valence-corrected chi connectivity index (χ2v) is 5.80. The molecule has 0 aromatic rings. The fraction of sp³-hybridized carbons (Fsp3) is 0.923. The number of hydrogen-bond acceptors (Lipinski definition) is 2. The number of hydrogen-bond donors (Lipinski definition) is 1. The van der Waals surface area contributed by atoms with Crippen LogP contribution in [0, 0.1) is 5.41 Å². The van der Waals surface area contributed by atoms with Gasteiger partial charge in [0.25, 0.3) is 0 Å². The Labute approximate surface area is 99.9 Å². The minimum absolute atomic E-state index is 0.0725. The third-order valence-electron chi connectivity index (χ3n) is 2.71. The van der Waals surface area contributed by atoms with Crippen LogP contribution >= 0.6 is 0 Å². The van der Waals surface area contributed by atoms with Gasteiger partial charge in [-0.1, -0.05) is 27.7 Å². The van der Waals surface area contributed by atoms with Crippen LogP contribution in [0.4, 0.5) is 0 Å². The zero-order chi connectivity index (χ0) is 12.8. The van der Waals surface area contributed by atoms with Crippen LogP contribution in [-0.4, -0.2) is 24.7 Å². The van der Waals surface area contributed by atoms with Crippen molar-refractivity contribution in [3.63, 3.8) is 0 Å². The Morgan fingerprint density at radius 2 is 1.69 bits per heavy atom. The third kappa shape index (κ3) is 6.83. The Morgan fingerprint density at radius 1 is 1.12 bits per heavy atom. The van der Waals surface area contributed by atoms with Gasteiger partial charge in [-0.05, 0) is 25.7 Å². The smallest absolute Gasteiger partial charge is 0.220 e. The molecule has 0 bridgehead atoms. The molecule has 0 aliphatic heterocycles. The molecule has 1 amide bonds. The standard InChI is InChI=1S/C13H27NO2/c1-7-11(15)14-13(5,6)10-16-9-12(3,4)8-2/h7-10H2,1-6H3,(H,14,15). The highest BCUT2D eigenvalue weighted by Gasteiger charge is 2.22. The average molecular weight is 229 g/mol. The molecule has 3 nitrogen and oxygen atoms in total. The van der Waals surface area contributed by atoms with Gasteiger partial charge in [0.15, 0.2) is 0 Å². The normalized spacial score (nSPS) is 12.6. The third-order valence-corrected chi connectivity index (χ3v) is 2.71. The lowest BCUT2D eigenvalue weighted by atomic mass is 9.91. The molecule has 0 aromatic heterocycles. The highest BCUT2D eigenvalue weighted by atomic mass is 16.5. The first kappa shape index (κ1) is 15.4. The van der Waals surface area contributed by atoms with Crippen molar-refractivity contribution in [1.29, 1.82) is 0 Å². The summed E-state index contributed by atoms with van der Waals surface area (Å²) in [5, 5.41) is 2.95. The van der Waals surface area contributed by atoms with Crippen molar-refractivity contribution in [2.24, 2.45) is 5.41 Å². The summed E-state index contributed by atoms with van der Waals surface area (Å²) in [5.41, 5.74) is -0.0677. The maximum atomic E-state index is 11.3. The second-order valence-electron chi connectivity index (χ2n) is 5.80. The van der Waals surface area contributed by atoms with E-state index in [4.69, 9.17) is 4.74 Å². The topological polar surface area (TPSA) is 38.3 Å². The summed E-state index contributed by atoms with van der Waals surface area (Å²) >= 11 is 0. The van der Waals surface area contributed by atoms with E-state index in [0.29, 0.717) is 13.0 Å². The lowest BCUT2D eigenvalue weighted by molar-refractivity contribution is -0.123. The Bertz CT molecular complexity index is 222. The highest BCUT2D eigenvalue weighted by Crippen LogP contribution is 2.20. The van der Waals surface area contributed by atoms with Crippen LogP contribution in [0.5, 0.6) is 0 Å². The van der Waals surface area contributed by atoms with Crippen LogP contribution in [-0.2, 0) is 9.53 Å². The minimum Gasteiger partial charge on any atom is -0.378 e. The monoisotopic (exact) mass is 229 g/mol. The molecular formula is C13H27NO2. The van der Waals surface area contributed by atoms with Gasteiger partial charge in [-0.2, -0.15) is 0 Å². The van der Waals surface area contributed by atoms with E-state index in [1.165, 1.54) is 0 Å². The van der Waals surface area contributed by atoms with Crippen LogP contribution in [0.2, 0.25) is 0 Å². The number of rotatable bonds is 7. The SMILES string of the molecule is CCC(=O)NC(C)(C)COCC(C)(C)CC. The molecule has 0 aliphatic rings. The summed E-state index contributed by atoms with van der Waals surface area (Å²) in [5.74, 6) is 0.0725. The second kappa shape index (κ2) is 6.24. The first-order valence-corrected chi connectivity index (χ1v) is 6.11. The number of carbonyl (C=O) groups is 1. The molecule has 1 N–H and O–H groups in total.